The SMILES string of the molecule is CCOC(=O)C(C)CNCC1CCC(=O)N1. The number of carbonyl (C=O) groups is 2. The van der Waals surface area contributed by atoms with Crippen LogP contribution in [0.1, 0.15) is 26.7 Å². The molecule has 16 heavy (non-hydrogen) atoms. The van der Waals surface area contributed by atoms with Gasteiger partial charge in [0.2, 0.25) is 5.91 Å². The van der Waals surface area contributed by atoms with Crippen LogP contribution in [0.5, 0.6) is 0 Å². The molecule has 0 aliphatic carbocycles. The van der Waals surface area contributed by atoms with E-state index >= 15 is 0 Å². The average molecular weight is 228 g/mol. The zero-order chi connectivity index (χ0) is 12.0. The van der Waals surface area contributed by atoms with E-state index in [1.807, 2.05) is 6.92 Å². The molecule has 0 radical (unpaired) electrons. The largest absolute Gasteiger partial charge is 0.466 e. The summed E-state index contributed by atoms with van der Waals surface area (Å²) in [5, 5.41) is 6.04. The molecule has 0 aromatic rings. The lowest BCUT2D eigenvalue weighted by Crippen LogP contribution is -2.38. The maximum Gasteiger partial charge on any atom is 0.309 e. The monoisotopic (exact) mass is 228 g/mol. The fraction of sp³-hybridized carbons (Fsp3) is 0.818. The van der Waals surface area contributed by atoms with E-state index in [9.17, 15) is 9.59 Å². The summed E-state index contributed by atoms with van der Waals surface area (Å²) in [6.45, 7) is 5.35. The second-order valence-electron chi connectivity index (χ2n) is 4.11. The number of hydrogen-bond acceptors (Lipinski definition) is 4. The van der Waals surface area contributed by atoms with Crippen LogP contribution in [-0.2, 0) is 14.3 Å². The molecule has 5 heteroatoms. The summed E-state index contributed by atoms with van der Waals surface area (Å²) in [5.74, 6) is -0.201. The maximum absolute atomic E-state index is 11.3. The molecule has 2 atom stereocenters. The smallest absolute Gasteiger partial charge is 0.309 e. The molecule has 92 valence electrons. The molecule has 1 fully saturated rings. The molecule has 1 heterocycles. The Hall–Kier alpha value is -1.10. The molecule has 2 N–H and O–H groups in total. The van der Waals surface area contributed by atoms with Crippen molar-refractivity contribution in [1.29, 1.82) is 0 Å². The number of amides is 1. The van der Waals surface area contributed by atoms with E-state index in [-0.39, 0.29) is 23.8 Å². The van der Waals surface area contributed by atoms with Crippen molar-refractivity contribution in [3.05, 3.63) is 0 Å². The number of hydrogen-bond donors (Lipinski definition) is 2. The molecule has 2 unspecified atom stereocenters. The van der Waals surface area contributed by atoms with E-state index in [2.05, 4.69) is 10.6 Å². The minimum atomic E-state index is -0.176. The minimum Gasteiger partial charge on any atom is -0.466 e. The topological polar surface area (TPSA) is 67.4 Å². The van der Waals surface area contributed by atoms with Crippen LogP contribution in [0.25, 0.3) is 0 Å². The van der Waals surface area contributed by atoms with Crippen molar-refractivity contribution in [3.8, 4) is 0 Å². The molecule has 0 bridgehead atoms. The summed E-state index contributed by atoms with van der Waals surface area (Å²) in [6.07, 6.45) is 1.49. The Morgan fingerprint density at radius 1 is 1.69 bits per heavy atom. The first-order valence-electron chi connectivity index (χ1n) is 5.80. The lowest BCUT2D eigenvalue weighted by molar-refractivity contribution is -0.147. The minimum absolute atomic E-state index is 0.116. The third-order valence-corrected chi connectivity index (χ3v) is 2.62. The number of carbonyl (C=O) groups excluding carboxylic acids is 2. The van der Waals surface area contributed by atoms with E-state index in [1.54, 1.807) is 6.92 Å². The van der Waals surface area contributed by atoms with Gasteiger partial charge in [0.05, 0.1) is 12.5 Å². The van der Waals surface area contributed by atoms with E-state index in [0.717, 1.165) is 13.0 Å². The maximum atomic E-state index is 11.3. The molecule has 1 aliphatic heterocycles. The highest BCUT2D eigenvalue weighted by Crippen LogP contribution is 2.05. The highest BCUT2D eigenvalue weighted by Gasteiger charge is 2.20. The molecule has 0 aromatic heterocycles. The van der Waals surface area contributed by atoms with Gasteiger partial charge in [-0.3, -0.25) is 9.59 Å². The summed E-state index contributed by atoms with van der Waals surface area (Å²) >= 11 is 0. The van der Waals surface area contributed by atoms with Crippen molar-refractivity contribution in [1.82, 2.24) is 10.6 Å². The second kappa shape index (κ2) is 6.48. The molecule has 1 saturated heterocycles. The van der Waals surface area contributed by atoms with Gasteiger partial charge >= 0.3 is 5.97 Å². The van der Waals surface area contributed by atoms with Gasteiger partial charge in [0.1, 0.15) is 0 Å². The standard InChI is InChI=1S/C11H20N2O3/c1-3-16-11(15)8(2)6-12-7-9-4-5-10(14)13-9/h8-9,12H,3-7H2,1-2H3,(H,13,14). The first-order chi connectivity index (χ1) is 7.63. The zero-order valence-corrected chi connectivity index (χ0v) is 9.91. The number of esters is 1. The summed E-state index contributed by atoms with van der Waals surface area (Å²) in [7, 11) is 0. The lowest BCUT2D eigenvalue weighted by Gasteiger charge is -2.14. The highest BCUT2D eigenvalue weighted by atomic mass is 16.5. The van der Waals surface area contributed by atoms with Crippen molar-refractivity contribution < 1.29 is 14.3 Å². The van der Waals surface area contributed by atoms with Gasteiger partial charge in [0.25, 0.3) is 0 Å². The van der Waals surface area contributed by atoms with Crippen molar-refractivity contribution >= 4 is 11.9 Å². The fourth-order valence-corrected chi connectivity index (χ4v) is 1.67. The van der Waals surface area contributed by atoms with Gasteiger partial charge in [-0.15, -0.1) is 0 Å². The Bertz CT molecular complexity index is 256. The molecule has 1 rings (SSSR count). The van der Waals surface area contributed by atoms with Gasteiger partial charge in [-0.1, -0.05) is 6.92 Å². The fourth-order valence-electron chi connectivity index (χ4n) is 1.67. The average Bonchev–Trinajstić information content (AvgIpc) is 2.64. The molecule has 1 amide bonds. The molecule has 0 aromatic carbocycles. The van der Waals surface area contributed by atoms with Crippen LogP contribution in [-0.4, -0.2) is 37.6 Å². The number of nitrogens with one attached hydrogen (secondary N) is 2. The van der Waals surface area contributed by atoms with Crippen LogP contribution >= 0.6 is 0 Å². The normalized spacial score (nSPS) is 21.6. The third-order valence-electron chi connectivity index (χ3n) is 2.62. The first kappa shape index (κ1) is 13.0. The van der Waals surface area contributed by atoms with Gasteiger partial charge in [-0.2, -0.15) is 0 Å². The Labute approximate surface area is 95.9 Å². The van der Waals surface area contributed by atoms with Gasteiger partial charge in [0, 0.05) is 25.6 Å². The van der Waals surface area contributed by atoms with Gasteiger partial charge in [-0.05, 0) is 13.3 Å². The van der Waals surface area contributed by atoms with Crippen molar-refractivity contribution in [2.24, 2.45) is 5.92 Å². The van der Waals surface area contributed by atoms with E-state index < -0.39 is 0 Å². The number of ether oxygens (including phenoxy) is 1. The van der Waals surface area contributed by atoms with E-state index in [4.69, 9.17) is 4.74 Å². The first-order valence-corrected chi connectivity index (χ1v) is 5.80. The van der Waals surface area contributed by atoms with E-state index in [0.29, 0.717) is 19.6 Å². The second-order valence-corrected chi connectivity index (χ2v) is 4.11. The predicted octanol–water partition coefficient (Wildman–Crippen LogP) is 0.0538. The summed E-state index contributed by atoms with van der Waals surface area (Å²) in [4.78, 5) is 22.2. The van der Waals surface area contributed by atoms with Crippen LogP contribution in [0.2, 0.25) is 0 Å². The Morgan fingerprint density at radius 3 is 3.00 bits per heavy atom. The van der Waals surface area contributed by atoms with Crippen molar-refractivity contribution in [2.75, 3.05) is 19.7 Å². The lowest BCUT2D eigenvalue weighted by atomic mass is 10.1. The summed E-state index contributed by atoms with van der Waals surface area (Å²) < 4.78 is 4.89. The quantitative estimate of drug-likeness (QED) is 0.631. The molecule has 0 spiro atoms. The predicted molar refractivity (Wildman–Crippen MR) is 59.8 cm³/mol. The van der Waals surface area contributed by atoms with Crippen LogP contribution in [0.3, 0.4) is 0 Å². The van der Waals surface area contributed by atoms with Gasteiger partial charge in [-0.25, -0.2) is 0 Å². The van der Waals surface area contributed by atoms with Crippen LogP contribution in [0.15, 0.2) is 0 Å². The molecular weight excluding hydrogens is 208 g/mol. The van der Waals surface area contributed by atoms with Crippen LogP contribution < -0.4 is 10.6 Å². The number of rotatable bonds is 6. The van der Waals surface area contributed by atoms with Gasteiger partial charge < -0.3 is 15.4 Å². The van der Waals surface area contributed by atoms with E-state index in [1.165, 1.54) is 0 Å². The zero-order valence-electron chi connectivity index (χ0n) is 9.91. The van der Waals surface area contributed by atoms with Crippen molar-refractivity contribution in [2.45, 2.75) is 32.7 Å². The Kier molecular flexibility index (Phi) is 5.25. The molecular formula is C11H20N2O3. The van der Waals surface area contributed by atoms with Crippen molar-refractivity contribution in [3.63, 3.8) is 0 Å². The molecule has 5 nitrogen and oxygen atoms in total. The summed E-state index contributed by atoms with van der Waals surface area (Å²) in [6, 6.07) is 0.210. The highest BCUT2D eigenvalue weighted by molar-refractivity contribution is 5.78. The van der Waals surface area contributed by atoms with Crippen LogP contribution in [0.4, 0.5) is 0 Å². The third kappa shape index (κ3) is 4.18. The van der Waals surface area contributed by atoms with Crippen LogP contribution in [0, 0.1) is 5.92 Å². The van der Waals surface area contributed by atoms with Gasteiger partial charge in [0.15, 0.2) is 0 Å². The molecule has 1 aliphatic rings. The summed E-state index contributed by atoms with van der Waals surface area (Å²) in [5.41, 5.74) is 0. The Balaban J connectivity index is 2.10. The Morgan fingerprint density at radius 2 is 2.44 bits per heavy atom. The molecule has 0 saturated carbocycles.